The van der Waals surface area contributed by atoms with Gasteiger partial charge in [-0.05, 0) is 76.6 Å². The molecule has 0 radical (unpaired) electrons. The van der Waals surface area contributed by atoms with Crippen LogP contribution >= 0.6 is 11.6 Å². The maximum atomic E-state index is 12.9. The molecule has 0 bridgehead atoms. The van der Waals surface area contributed by atoms with Crippen LogP contribution < -0.4 is 15.8 Å². The number of piperidine rings is 1. The minimum Gasteiger partial charge on any atom is -0.444 e. The van der Waals surface area contributed by atoms with E-state index in [1.807, 2.05) is 45.0 Å². The molecule has 1 N–H and O–H groups in total. The standard InChI is InChI=1S/C27H38ClN5O4/c1-27(2,3)37-26(35)32-13-11-21(12-14-32)31(4)20-7-9-22(10-8-20)33-25(34)24(28)23(17-30-33)29-16-19-6-5-15-36-18-19/h7-10,17,19,21,29H,5-6,11-16,18H2,1-4H3/t19-/m1/s1. The Bertz CT molecular complexity index is 1120. The van der Waals surface area contributed by atoms with Crippen LogP contribution in [0.4, 0.5) is 16.2 Å². The van der Waals surface area contributed by atoms with Crippen LogP contribution in [0.15, 0.2) is 35.3 Å². The number of hydrogen-bond donors (Lipinski definition) is 1. The summed E-state index contributed by atoms with van der Waals surface area (Å²) in [6, 6.07) is 8.01. The molecular formula is C27H38ClN5O4. The monoisotopic (exact) mass is 531 g/mol. The van der Waals surface area contributed by atoms with E-state index < -0.39 is 5.60 Å². The van der Waals surface area contributed by atoms with E-state index in [1.165, 1.54) is 4.68 Å². The van der Waals surface area contributed by atoms with Gasteiger partial charge in [0.25, 0.3) is 5.56 Å². The molecular weight excluding hydrogens is 494 g/mol. The van der Waals surface area contributed by atoms with Crippen molar-refractivity contribution in [3.05, 3.63) is 45.8 Å². The molecule has 1 aromatic heterocycles. The second-order valence-corrected chi connectivity index (χ2v) is 11.3. The highest BCUT2D eigenvalue weighted by Crippen LogP contribution is 2.25. The number of likely N-dealkylation sites (tertiary alicyclic amines) is 1. The minimum atomic E-state index is -0.491. The molecule has 0 saturated carbocycles. The minimum absolute atomic E-state index is 0.129. The molecule has 0 spiro atoms. The first-order chi connectivity index (χ1) is 17.6. The molecule has 0 aliphatic carbocycles. The Morgan fingerprint density at radius 1 is 1.22 bits per heavy atom. The second kappa shape index (κ2) is 11.7. The summed E-state index contributed by atoms with van der Waals surface area (Å²) in [5.74, 6) is 0.404. The van der Waals surface area contributed by atoms with E-state index in [1.54, 1.807) is 11.1 Å². The van der Waals surface area contributed by atoms with Crippen LogP contribution in [0.2, 0.25) is 5.02 Å². The number of aromatic nitrogens is 2. The van der Waals surface area contributed by atoms with Crippen molar-refractivity contribution < 1.29 is 14.3 Å². The first-order valence-corrected chi connectivity index (χ1v) is 13.4. The van der Waals surface area contributed by atoms with Gasteiger partial charge >= 0.3 is 6.09 Å². The van der Waals surface area contributed by atoms with E-state index in [0.29, 0.717) is 43.0 Å². The topological polar surface area (TPSA) is 88.9 Å². The van der Waals surface area contributed by atoms with E-state index >= 15 is 0 Å². The van der Waals surface area contributed by atoms with Crippen LogP contribution in [0, 0.1) is 5.92 Å². The SMILES string of the molecule is CN(c1ccc(-n2ncc(NC[C@H]3CCCOC3)c(Cl)c2=O)cc1)C1CCN(C(=O)OC(C)(C)C)CC1. The number of rotatable bonds is 6. The second-order valence-electron chi connectivity index (χ2n) is 10.9. The first-order valence-electron chi connectivity index (χ1n) is 13.0. The van der Waals surface area contributed by atoms with Gasteiger partial charge in [0.15, 0.2) is 0 Å². The lowest BCUT2D eigenvalue weighted by molar-refractivity contribution is 0.0205. The zero-order valence-corrected chi connectivity index (χ0v) is 23.0. The van der Waals surface area contributed by atoms with Gasteiger partial charge in [0.1, 0.15) is 10.6 Å². The molecule has 3 heterocycles. The number of carbonyl (C=O) groups is 1. The number of nitrogens with zero attached hydrogens (tertiary/aromatic N) is 4. The van der Waals surface area contributed by atoms with Crippen molar-refractivity contribution in [2.45, 2.75) is 58.1 Å². The zero-order chi connectivity index (χ0) is 26.6. The smallest absolute Gasteiger partial charge is 0.410 e. The molecule has 1 atom stereocenters. The zero-order valence-electron chi connectivity index (χ0n) is 22.2. The molecule has 37 heavy (non-hydrogen) atoms. The highest BCUT2D eigenvalue weighted by atomic mass is 35.5. The molecule has 9 nitrogen and oxygen atoms in total. The average molecular weight is 532 g/mol. The van der Waals surface area contributed by atoms with Gasteiger partial charge < -0.3 is 24.6 Å². The summed E-state index contributed by atoms with van der Waals surface area (Å²) in [5.41, 5.74) is 1.38. The summed E-state index contributed by atoms with van der Waals surface area (Å²) in [5, 5.41) is 7.74. The molecule has 202 valence electrons. The lowest BCUT2D eigenvalue weighted by Gasteiger charge is -2.38. The third-order valence-electron chi connectivity index (χ3n) is 6.92. The summed E-state index contributed by atoms with van der Waals surface area (Å²) in [6.45, 7) is 9.20. The Kier molecular flexibility index (Phi) is 8.64. The van der Waals surface area contributed by atoms with Crippen LogP contribution in [0.1, 0.15) is 46.5 Å². The maximum absolute atomic E-state index is 12.9. The highest BCUT2D eigenvalue weighted by Gasteiger charge is 2.28. The van der Waals surface area contributed by atoms with Crippen molar-refractivity contribution in [1.29, 1.82) is 0 Å². The lowest BCUT2D eigenvalue weighted by atomic mass is 10.0. The summed E-state index contributed by atoms with van der Waals surface area (Å²) >= 11 is 6.41. The molecule has 2 aromatic rings. The third kappa shape index (κ3) is 6.96. The number of hydrogen-bond acceptors (Lipinski definition) is 7. The van der Waals surface area contributed by atoms with E-state index in [0.717, 1.165) is 44.6 Å². The van der Waals surface area contributed by atoms with Crippen LogP contribution in [0.3, 0.4) is 0 Å². The first kappa shape index (κ1) is 27.3. The van der Waals surface area contributed by atoms with Gasteiger partial charge in [-0.1, -0.05) is 11.6 Å². The molecule has 10 heteroatoms. The number of halogens is 1. The van der Waals surface area contributed by atoms with Gasteiger partial charge in [0.2, 0.25) is 0 Å². The Hall–Kier alpha value is -2.78. The number of ether oxygens (including phenoxy) is 2. The fraction of sp³-hybridized carbons (Fsp3) is 0.593. The third-order valence-corrected chi connectivity index (χ3v) is 7.29. The van der Waals surface area contributed by atoms with Gasteiger partial charge in [-0.3, -0.25) is 4.79 Å². The molecule has 4 rings (SSSR count). The van der Waals surface area contributed by atoms with Crippen molar-refractivity contribution >= 4 is 29.1 Å². The van der Waals surface area contributed by atoms with Crippen molar-refractivity contribution in [2.24, 2.45) is 5.92 Å². The molecule has 2 aliphatic rings. The number of carbonyl (C=O) groups excluding carboxylic acids is 1. The Morgan fingerprint density at radius 2 is 1.92 bits per heavy atom. The van der Waals surface area contributed by atoms with E-state index in [-0.39, 0.29) is 16.7 Å². The molecule has 1 aromatic carbocycles. The van der Waals surface area contributed by atoms with Gasteiger partial charge in [-0.2, -0.15) is 9.78 Å². The van der Waals surface area contributed by atoms with Crippen molar-refractivity contribution in [3.8, 4) is 5.69 Å². The van der Waals surface area contributed by atoms with Gasteiger partial charge in [0.05, 0.1) is 24.2 Å². The Balaban J connectivity index is 1.36. The van der Waals surface area contributed by atoms with Gasteiger partial charge in [-0.25, -0.2) is 4.79 Å². The lowest BCUT2D eigenvalue weighted by Crippen LogP contribution is -2.47. The summed E-state index contributed by atoms with van der Waals surface area (Å²) in [7, 11) is 2.06. The van der Waals surface area contributed by atoms with Gasteiger partial charge in [0, 0.05) is 45.0 Å². The van der Waals surface area contributed by atoms with Crippen LogP contribution in [0.25, 0.3) is 5.69 Å². The fourth-order valence-electron chi connectivity index (χ4n) is 4.76. The van der Waals surface area contributed by atoms with Crippen LogP contribution in [0.5, 0.6) is 0 Å². The molecule has 0 unspecified atom stereocenters. The fourth-order valence-corrected chi connectivity index (χ4v) is 4.96. The Labute approximate surface area is 223 Å². The van der Waals surface area contributed by atoms with Crippen LogP contribution in [-0.2, 0) is 9.47 Å². The highest BCUT2D eigenvalue weighted by molar-refractivity contribution is 6.32. The maximum Gasteiger partial charge on any atom is 0.410 e. The molecule has 2 fully saturated rings. The largest absolute Gasteiger partial charge is 0.444 e. The Morgan fingerprint density at radius 3 is 2.54 bits per heavy atom. The predicted octanol–water partition coefficient (Wildman–Crippen LogP) is 4.56. The van der Waals surface area contributed by atoms with Crippen LogP contribution in [-0.4, -0.2) is 72.3 Å². The quantitative estimate of drug-likeness (QED) is 0.584. The summed E-state index contributed by atoms with van der Waals surface area (Å²) in [6.07, 6.45) is 5.21. The van der Waals surface area contributed by atoms with E-state index in [4.69, 9.17) is 21.1 Å². The molecule has 2 saturated heterocycles. The average Bonchev–Trinajstić information content (AvgIpc) is 2.89. The van der Waals surface area contributed by atoms with Crippen molar-refractivity contribution in [3.63, 3.8) is 0 Å². The van der Waals surface area contributed by atoms with Crippen molar-refractivity contribution in [2.75, 3.05) is 50.1 Å². The summed E-state index contributed by atoms with van der Waals surface area (Å²) < 4.78 is 12.3. The van der Waals surface area contributed by atoms with E-state index in [9.17, 15) is 9.59 Å². The number of anilines is 2. The summed E-state index contributed by atoms with van der Waals surface area (Å²) in [4.78, 5) is 29.3. The normalized spacial score (nSPS) is 18.9. The molecule has 2 aliphatic heterocycles. The number of benzene rings is 1. The van der Waals surface area contributed by atoms with Crippen molar-refractivity contribution in [1.82, 2.24) is 14.7 Å². The number of amides is 1. The molecule has 1 amide bonds. The van der Waals surface area contributed by atoms with Gasteiger partial charge in [-0.15, -0.1) is 0 Å². The number of nitrogens with one attached hydrogen (secondary N) is 1. The predicted molar refractivity (Wildman–Crippen MR) is 146 cm³/mol. The van der Waals surface area contributed by atoms with E-state index in [2.05, 4.69) is 22.4 Å².